The van der Waals surface area contributed by atoms with E-state index in [9.17, 15) is 0 Å². The highest BCUT2D eigenvalue weighted by molar-refractivity contribution is 4.84. The second-order valence-corrected chi connectivity index (χ2v) is 5.82. The third-order valence-corrected chi connectivity index (χ3v) is 4.73. The fourth-order valence-electron chi connectivity index (χ4n) is 3.60. The molecule has 0 bridgehead atoms. The van der Waals surface area contributed by atoms with Gasteiger partial charge in [-0.15, -0.1) is 0 Å². The minimum atomic E-state index is 0.665. The number of morpholine rings is 1. The number of rotatable bonds is 6. The Morgan fingerprint density at radius 1 is 1.28 bits per heavy atom. The van der Waals surface area contributed by atoms with Crippen LogP contribution in [0.1, 0.15) is 46.0 Å². The van der Waals surface area contributed by atoms with Gasteiger partial charge in [0, 0.05) is 18.6 Å². The fraction of sp³-hybridized carbons (Fsp3) is 1.00. The first-order valence-corrected chi connectivity index (χ1v) is 7.90. The van der Waals surface area contributed by atoms with Gasteiger partial charge in [0.2, 0.25) is 0 Å². The predicted octanol–water partition coefficient (Wildman–Crippen LogP) is 2.27. The van der Waals surface area contributed by atoms with Gasteiger partial charge in [0.15, 0.2) is 0 Å². The van der Waals surface area contributed by atoms with E-state index in [1.807, 2.05) is 0 Å². The van der Waals surface area contributed by atoms with Crippen molar-refractivity contribution in [3.63, 3.8) is 0 Å². The Bertz CT molecular complexity index is 235. The van der Waals surface area contributed by atoms with Gasteiger partial charge >= 0.3 is 0 Å². The zero-order valence-electron chi connectivity index (χ0n) is 12.2. The molecule has 3 unspecified atom stereocenters. The van der Waals surface area contributed by atoms with Crippen LogP contribution in [0.3, 0.4) is 0 Å². The third kappa shape index (κ3) is 3.69. The van der Waals surface area contributed by atoms with Crippen LogP contribution >= 0.6 is 0 Å². The number of hydrogen-bond donors (Lipinski definition) is 1. The summed E-state index contributed by atoms with van der Waals surface area (Å²) in [5.74, 6) is 0.908. The molecule has 1 heterocycles. The van der Waals surface area contributed by atoms with Crippen LogP contribution in [0, 0.1) is 5.92 Å². The van der Waals surface area contributed by atoms with E-state index in [2.05, 4.69) is 24.1 Å². The molecule has 3 atom stereocenters. The molecule has 1 saturated carbocycles. The lowest BCUT2D eigenvalue weighted by Crippen LogP contribution is -2.46. The second kappa shape index (κ2) is 7.46. The normalized spacial score (nSPS) is 34.0. The van der Waals surface area contributed by atoms with Crippen molar-refractivity contribution < 1.29 is 4.74 Å². The zero-order valence-corrected chi connectivity index (χ0v) is 12.2. The molecule has 1 aliphatic heterocycles. The highest BCUT2D eigenvalue weighted by atomic mass is 16.5. The number of nitrogens with zero attached hydrogens (tertiary/aromatic N) is 1. The third-order valence-electron chi connectivity index (χ3n) is 4.73. The van der Waals surface area contributed by atoms with Crippen LogP contribution in [0.2, 0.25) is 0 Å². The fourth-order valence-corrected chi connectivity index (χ4v) is 3.60. The van der Waals surface area contributed by atoms with Gasteiger partial charge in [0.1, 0.15) is 0 Å². The van der Waals surface area contributed by atoms with Crippen molar-refractivity contribution in [1.29, 1.82) is 0 Å². The summed E-state index contributed by atoms with van der Waals surface area (Å²) >= 11 is 0. The van der Waals surface area contributed by atoms with Gasteiger partial charge in [0.05, 0.1) is 13.2 Å². The first kappa shape index (κ1) is 14.3. The van der Waals surface area contributed by atoms with E-state index in [0.29, 0.717) is 6.04 Å². The molecule has 2 fully saturated rings. The quantitative estimate of drug-likeness (QED) is 0.787. The molecular formula is C15H30N2O. The first-order chi connectivity index (χ1) is 8.85. The molecule has 0 aromatic carbocycles. The summed E-state index contributed by atoms with van der Waals surface area (Å²) in [5.41, 5.74) is 0. The molecule has 1 aliphatic carbocycles. The number of ether oxygens (including phenoxy) is 1. The van der Waals surface area contributed by atoms with Crippen molar-refractivity contribution in [1.82, 2.24) is 10.2 Å². The van der Waals surface area contributed by atoms with Crippen molar-refractivity contribution in [2.45, 2.75) is 58.0 Å². The predicted molar refractivity (Wildman–Crippen MR) is 75.9 cm³/mol. The van der Waals surface area contributed by atoms with Crippen LogP contribution in [0.4, 0.5) is 0 Å². The van der Waals surface area contributed by atoms with Gasteiger partial charge in [0.25, 0.3) is 0 Å². The van der Waals surface area contributed by atoms with E-state index in [0.717, 1.165) is 38.3 Å². The SMILES string of the molecule is CCNC1CCCC1CCN1CCOCC1CC. The van der Waals surface area contributed by atoms with E-state index in [4.69, 9.17) is 4.74 Å². The smallest absolute Gasteiger partial charge is 0.0622 e. The maximum Gasteiger partial charge on any atom is 0.0622 e. The lowest BCUT2D eigenvalue weighted by molar-refractivity contribution is -0.0110. The molecule has 0 spiro atoms. The molecule has 0 radical (unpaired) electrons. The molecule has 0 aromatic heterocycles. The van der Waals surface area contributed by atoms with Gasteiger partial charge in [-0.1, -0.05) is 20.3 Å². The van der Waals surface area contributed by atoms with Crippen LogP contribution in [-0.2, 0) is 4.74 Å². The van der Waals surface area contributed by atoms with Gasteiger partial charge in [-0.05, 0) is 44.7 Å². The van der Waals surface area contributed by atoms with Crippen molar-refractivity contribution in [3.8, 4) is 0 Å². The first-order valence-electron chi connectivity index (χ1n) is 7.90. The number of nitrogens with one attached hydrogen (secondary N) is 1. The Morgan fingerprint density at radius 2 is 2.17 bits per heavy atom. The Balaban J connectivity index is 1.75. The van der Waals surface area contributed by atoms with Gasteiger partial charge in [-0.2, -0.15) is 0 Å². The summed E-state index contributed by atoms with van der Waals surface area (Å²) in [4.78, 5) is 2.66. The molecule has 0 amide bonds. The van der Waals surface area contributed by atoms with Crippen LogP contribution in [-0.4, -0.2) is 49.8 Å². The molecular weight excluding hydrogens is 224 g/mol. The lowest BCUT2D eigenvalue weighted by Gasteiger charge is -2.36. The Kier molecular flexibility index (Phi) is 5.93. The zero-order chi connectivity index (χ0) is 12.8. The maximum absolute atomic E-state index is 5.58. The Hall–Kier alpha value is -0.120. The Morgan fingerprint density at radius 3 is 2.94 bits per heavy atom. The highest BCUT2D eigenvalue weighted by Crippen LogP contribution is 2.29. The van der Waals surface area contributed by atoms with Crippen LogP contribution in [0.15, 0.2) is 0 Å². The summed E-state index contributed by atoms with van der Waals surface area (Å²) in [7, 11) is 0. The van der Waals surface area contributed by atoms with E-state index < -0.39 is 0 Å². The second-order valence-electron chi connectivity index (χ2n) is 5.82. The molecule has 106 valence electrons. The maximum atomic E-state index is 5.58. The molecule has 2 rings (SSSR count). The van der Waals surface area contributed by atoms with Crippen LogP contribution in [0.25, 0.3) is 0 Å². The molecule has 1 saturated heterocycles. The molecule has 3 heteroatoms. The summed E-state index contributed by atoms with van der Waals surface area (Å²) in [6, 6.07) is 1.45. The van der Waals surface area contributed by atoms with Gasteiger partial charge in [-0.25, -0.2) is 0 Å². The number of hydrogen-bond acceptors (Lipinski definition) is 3. The van der Waals surface area contributed by atoms with Crippen molar-refractivity contribution in [2.75, 3.05) is 32.8 Å². The van der Waals surface area contributed by atoms with Crippen molar-refractivity contribution in [2.24, 2.45) is 5.92 Å². The molecule has 18 heavy (non-hydrogen) atoms. The van der Waals surface area contributed by atoms with Crippen LogP contribution < -0.4 is 5.32 Å². The summed E-state index contributed by atoms with van der Waals surface area (Å²) in [6.07, 6.45) is 6.83. The van der Waals surface area contributed by atoms with E-state index in [1.54, 1.807) is 0 Å². The summed E-state index contributed by atoms with van der Waals surface area (Å²) < 4.78 is 5.58. The standard InChI is InChI=1S/C15H30N2O/c1-3-14-12-18-11-10-17(14)9-8-13-6-5-7-15(13)16-4-2/h13-16H,3-12H2,1-2H3. The largest absolute Gasteiger partial charge is 0.378 e. The lowest BCUT2D eigenvalue weighted by atomic mass is 9.98. The molecule has 3 nitrogen and oxygen atoms in total. The molecule has 1 N–H and O–H groups in total. The summed E-state index contributed by atoms with van der Waals surface area (Å²) in [5, 5.41) is 3.66. The monoisotopic (exact) mass is 254 g/mol. The van der Waals surface area contributed by atoms with E-state index >= 15 is 0 Å². The minimum absolute atomic E-state index is 0.665. The molecule has 2 aliphatic rings. The summed E-state index contributed by atoms with van der Waals surface area (Å²) in [6.45, 7) is 9.91. The van der Waals surface area contributed by atoms with Gasteiger partial charge < -0.3 is 10.1 Å². The van der Waals surface area contributed by atoms with E-state index in [1.165, 1.54) is 38.6 Å². The average Bonchev–Trinajstić information content (AvgIpc) is 2.84. The minimum Gasteiger partial charge on any atom is -0.378 e. The van der Waals surface area contributed by atoms with Crippen LogP contribution in [0.5, 0.6) is 0 Å². The van der Waals surface area contributed by atoms with Crippen molar-refractivity contribution in [3.05, 3.63) is 0 Å². The van der Waals surface area contributed by atoms with Gasteiger partial charge in [-0.3, -0.25) is 4.90 Å². The van der Waals surface area contributed by atoms with Crippen molar-refractivity contribution >= 4 is 0 Å². The topological polar surface area (TPSA) is 24.5 Å². The highest BCUT2D eigenvalue weighted by Gasteiger charge is 2.28. The average molecular weight is 254 g/mol. The van der Waals surface area contributed by atoms with E-state index in [-0.39, 0.29) is 0 Å². The Labute approximate surface area is 112 Å². The molecule has 0 aromatic rings.